The van der Waals surface area contributed by atoms with E-state index in [-0.39, 0.29) is 0 Å². The highest BCUT2D eigenvalue weighted by Crippen LogP contribution is 2.28. The van der Waals surface area contributed by atoms with Crippen LogP contribution in [0, 0.1) is 0 Å². The van der Waals surface area contributed by atoms with Gasteiger partial charge in [-0.2, -0.15) is 0 Å². The molecule has 3 nitrogen and oxygen atoms in total. The van der Waals surface area contributed by atoms with E-state index in [9.17, 15) is 0 Å². The molecule has 0 spiro atoms. The molecule has 0 saturated carbocycles. The number of nitrogens with two attached hydrogens (primary N) is 1. The van der Waals surface area contributed by atoms with Crippen molar-refractivity contribution in [3.63, 3.8) is 0 Å². The summed E-state index contributed by atoms with van der Waals surface area (Å²) in [5, 5.41) is 1.75. The summed E-state index contributed by atoms with van der Waals surface area (Å²) in [5.74, 6) is 5.06. The first-order valence-corrected chi connectivity index (χ1v) is 4.66. The Morgan fingerprint density at radius 2 is 2.29 bits per heavy atom. The standard InChI is InChI=1S/C10H11ClN2O/c1-13-5-8(11)10-7(6-14-12)3-2-4-9(10)13/h2-5H,6,12H2,1H3. The summed E-state index contributed by atoms with van der Waals surface area (Å²) in [5.41, 5.74) is 2.10. The molecular weight excluding hydrogens is 200 g/mol. The van der Waals surface area contributed by atoms with Crippen LogP contribution in [0.2, 0.25) is 5.02 Å². The van der Waals surface area contributed by atoms with Gasteiger partial charge in [-0.1, -0.05) is 23.7 Å². The zero-order chi connectivity index (χ0) is 10.1. The van der Waals surface area contributed by atoms with Gasteiger partial charge in [0.05, 0.1) is 11.6 Å². The number of fused-ring (bicyclic) bond motifs is 1. The van der Waals surface area contributed by atoms with E-state index in [1.165, 1.54) is 0 Å². The topological polar surface area (TPSA) is 40.2 Å². The Kier molecular flexibility index (Phi) is 2.46. The fourth-order valence-electron chi connectivity index (χ4n) is 1.67. The number of halogens is 1. The third-order valence-corrected chi connectivity index (χ3v) is 2.58. The average Bonchev–Trinajstić information content (AvgIpc) is 2.44. The maximum atomic E-state index is 6.10. The van der Waals surface area contributed by atoms with Crippen LogP contribution in [0.15, 0.2) is 24.4 Å². The molecule has 1 aromatic carbocycles. The molecular formula is C10H11ClN2O. The van der Waals surface area contributed by atoms with Gasteiger partial charge in [0, 0.05) is 24.1 Å². The molecule has 0 saturated heterocycles. The number of benzene rings is 1. The molecule has 1 aromatic heterocycles. The van der Waals surface area contributed by atoms with Crippen LogP contribution >= 0.6 is 11.6 Å². The summed E-state index contributed by atoms with van der Waals surface area (Å²) in [6.07, 6.45) is 1.88. The molecule has 0 radical (unpaired) electrons. The lowest BCUT2D eigenvalue weighted by Crippen LogP contribution is -1.99. The summed E-state index contributed by atoms with van der Waals surface area (Å²) in [7, 11) is 1.96. The van der Waals surface area contributed by atoms with E-state index >= 15 is 0 Å². The van der Waals surface area contributed by atoms with Crippen LogP contribution in [0.3, 0.4) is 0 Å². The molecule has 4 heteroatoms. The predicted octanol–water partition coefficient (Wildman–Crippen LogP) is 2.22. The first-order chi connectivity index (χ1) is 6.74. The van der Waals surface area contributed by atoms with Gasteiger partial charge in [0.2, 0.25) is 0 Å². The first-order valence-electron chi connectivity index (χ1n) is 4.28. The van der Waals surface area contributed by atoms with Crippen molar-refractivity contribution in [2.45, 2.75) is 6.61 Å². The van der Waals surface area contributed by atoms with E-state index in [4.69, 9.17) is 17.5 Å². The van der Waals surface area contributed by atoms with Crippen LogP contribution in [-0.2, 0) is 18.5 Å². The summed E-state index contributed by atoms with van der Waals surface area (Å²) in [6, 6.07) is 5.94. The van der Waals surface area contributed by atoms with Crippen LogP contribution in [0.5, 0.6) is 0 Å². The number of nitrogens with zero attached hydrogens (tertiary/aromatic N) is 1. The van der Waals surface area contributed by atoms with E-state index in [1.807, 2.05) is 36.0 Å². The first kappa shape index (κ1) is 9.52. The van der Waals surface area contributed by atoms with Gasteiger partial charge in [-0.25, -0.2) is 5.90 Å². The molecule has 14 heavy (non-hydrogen) atoms. The van der Waals surface area contributed by atoms with Crippen molar-refractivity contribution in [1.82, 2.24) is 4.57 Å². The molecule has 0 fully saturated rings. The zero-order valence-electron chi connectivity index (χ0n) is 7.83. The minimum atomic E-state index is 0.376. The molecule has 2 aromatic rings. The maximum absolute atomic E-state index is 6.10. The van der Waals surface area contributed by atoms with Crippen LogP contribution in [0.25, 0.3) is 10.9 Å². The fourth-order valence-corrected chi connectivity index (χ4v) is 2.03. The highest BCUT2D eigenvalue weighted by molar-refractivity contribution is 6.35. The fraction of sp³-hybridized carbons (Fsp3) is 0.200. The molecule has 2 N–H and O–H groups in total. The molecule has 1 heterocycles. The Morgan fingerprint density at radius 1 is 1.50 bits per heavy atom. The van der Waals surface area contributed by atoms with Gasteiger partial charge in [-0.3, -0.25) is 4.84 Å². The Morgan fingerprint density at radius 3 is 3.00 bits per heavy atom. The third kappa shape index (κ3) is 1.39. The molecule has 0 aliphatic heterocycles. The van der Waals surface area contributed by atoms with Crippen LogP contribution < -0.4 is 5.90 Å². The molecule has 0 aliphatic rings. The van der Waals surface area contributed by atoms with Crippen LogP contribution in [0.4, 0.5) is 0 Å². The van der Waals surface area contributed by atoms with Gasteiger partial charge < -0.3 is 4.57 Å². The lowest BCUT2D eigenvalue weighted by atomic mass is 10.1. The molecule has 74 valence electrons. The average molecular weight is 211 g/mol. The van der Waals surface area contributed by atoms with Gasteiger partial charge in [0.1, 0.15) is 0 Å². The van der Waals surface area contributed by atoms with Gasteiger partial charge in [0.15, 0.2) is 0 Å². The van der Waals surface area contributed by atoms with E-state index in [2.05, 4.69) is 4.84 Å². The van der Waals surface area contributed by atoms with Crippen molar-refractivity contribution < 1.29 is 4.84 Å². The van der Waals surface area contributed by atoms with E-state index in [1.54, 1.807) is 0 Å². The van der Waals surface area contributed by atoms with Crippen LogP contribution in [0.1, 0.15) is 5.56 Å². The van der Waals surface area contributed by atoms with Crippen molar-refractivity contribution in [1.29, 1.82) is 0 Å². The quantitative estimate of drug-likeness (QED) is 0.773. The highest BCUT2D eigenvalue weighted by atomic mass is 35.5. The monoisotopic (exact) mass is 210 g/mol. The van der Waals surface area contributed by atoms with Gasteiger partial charge in [0.25, 0.3) is 0 Å². The molecule has 0 bridgehead atoms. The molecule has 0 unspecified atom stereocenters. The second-order valence-electron chi connectivity index (χ2n) is 3.21. The zero-order valence-corrected chi connectivity index (χ0v) is 8.58. The Labute approximate surface area is 87.0 Å². The predicted molar refractivity (Wildman–Crippen MR) is 56.9 cm³/mol. The minimum absolute atomic E-state index is 0.376. The molecule has 0 amide bonds. The Balaban J connectivity index is 2.72. The number of aromatic nitrogens is 1. The van der Waals surface area contributed by atoms with Crippen molar-refractivity contribution in [3.05, 3.63) is 35.0 Å². The summed E-state index contributed by atoms with van der Waals surface area (Å²) in [6.45, 7) is 0.376. The lowest BCUT2D eigenvalue weighted by Gasteiger charge is -2.02. The number of hydrogen-bond acceptors (Lipinski definition) is 2. The van der Waals surface area contributed by atoms with Gasteiger partial charge in [-0.05, 0) is 11.6 Å². The summed E-state index contributed by atoms with van der Waals surface area (Å²) >= 11 is 6.10. The summed E-state index contributed by atoms with van der Waals surface area (Å²) in [4.78, 5) is 4.63. The smallest absolute Gasteiger partial charge is 0.0937 e. The van der Waals surface area contributed by atoms with Crippen molar-refractivity contribution >= 4 is 22.5 Å². The van der Waals surface area contributed by atoms with Crippen molar-refractivity contribution in [2.24, 2.45) is 12.9 Å². The molecule has 0 atom stereocenters. The SMILES string of the molecule is Cn1cc(Cl)c2c(CON)cccc21. The third-order valence-electron chi connectivity index (χ3n) is 2.29. The van der Waals surface area contributed by atoms with E-state index in [0.717, 1.165) is 21.5 Å². The summed E-state index contributed by atoms with van der Waals surface area (Å²) < 4.78 is 1.98. The molecule has 0 aliphatic carbocycles. The number of hydrogen-bond donors (Lipinski definition) is 1. The largest absolute Gasteiger partial charge is 0.349 e. The normalized spacial score (nSPS) is 11.1. The Hall–Kier alpha value is -1.03. The van der Waals surface area contributed by atoms with Gasteiger partial charge in [-0.15, -0.1) is 0 Å². The van der Waals surface area contributed by atoms with Gasteiger partial charge >= 0.3 is 0 Å². The van der Waals surface area contributed by atoms with Crippen molar-refractivity contribution in [3.8, 4) is 0 Å². The number of rotatable bonds is 2. The van der Waals surface area contributed by atoms with E-state index in [0.29, 0.717) is 6.61 Å². The Bertz CT molecular complexity index is 464. The number of aryl methyl sites for hydroxylation is 1. The minimum Gasteiger partial charge on any atom is -0.349 e. The highest BCUT2D eigenvalue weighted by Gasteiger charge is 2.08. The maximum Gasteiger partial charge on any atom is 0.0937 e. The van der Waals surface area contributed by atoms with Crippen molar-refractivity contribution in [2.75, 3.05) is 0 Å². The van der Waals surface area contributed by atoms with E-state index < -0.39 is 0 Å². The molecule has 2 rings (SSSR count). The lowest BCUT2D eigenvalue weighted by molar-refractivity contribution is 0.125. The van der Waals surface area contributed by atoms with Crippen LogP contribution in [-0.4, -0.2) is 4.57 Å². The second-order valence-corrected chi connectivity index (χ2v) is 3.62. The second kappa shape index (κ2) is 3.61.